The van der Waals surface area contributed by atoms with Gasteiger partial charge in [-0.3, -0.25) is 9.59 Å². The summed E-state index contributed by atoms with van der Waals surface area (Å²) in [6.07, 6.45) is 1.58. The molecule has 0 atom stereocenters. The Labute approximate surface area is 120 Å². The highest BCUT2D eigenvalue weighted by atomic mass is 79.9. The van der Waals surface area contributed by atoms with Crippen molar-refractivity contribution in [2.75, 3.05) is 13.1 Å². The van der Waals surface area contributed by atoms with Crippen molar-refractivity contribution in [3.05, 3.63) is 28.5 Å². The number of nitrogens with zero attached hydrogens (tertiary/aromatic N) is 2. The van der Waals surface area contributed by atoms with Crippen molar-refractivity contribution in [1.82, 2.24) is 15.2 Å². The molecule has 1 N–H and O–H groups in total. The number of aromatic nitrogens is 1. The van der Waals surface area contributed by atoms with Gasteiger partial charge in [-0.05, 0) is 40.9 Å². The lowest BCUT2D eigenvalue weighted by atomic mass is 10.0. The van der Waals surface area contributed by atoms with E-state index in [0.717, 1.165) is 12.8 Å². The van der Waals surface area contributed by atoms with Gasteiger partial charge in [0.1, 0.15) is 10.3 Å². The molecule has 2 rings (SSSR count). The molecule has 1 aromatic heterocycles. The summed E-state index contributed by atoms with van der Waals surface area (Å²) in [5, 5.41) is 2.89. The highest BCUT2D eigenvalue weighted by molar-refractivity contribution is 9.10. The highest BCUT2D eigenvalue weighted by Crippen LogP contribution is 2.14. The molecule has 1 saturated heterocycles. The number of halogens is 1. The Morgan fingerprint density at radius 3 is 2.63 bits per heavy atom. The maximum absolute atomic E-state index is 12.2. The molecular formula is C13H16BrN3O2. The van der Waals surface area contributed by atoms with Crippen molar-refractivity contribution in [2.24, 2.45) is 0 Å². The van der Waals surface area contributed by atoms with Crippen LogP contribution >= 0.6 is 15.9 Å². The maximum atomic E-state index is 12.2. The van der Waals surface area contributed by atoms with Crippen LogP contribution in [-0.2, 0) is 4.79 Å². The summed E-state index contributed by atoms with van der Waals surface area (Å²) in [6, 6.07) is 5.48. The molecule has 0 bridgehead atoms. The van der Waals surface area contributed by atoms with Crippen LogP contribution in [0.4, 0.5) is 0 Å². The molecule has 0 radical (unpaired) electrons. The number of rotatable bonds is 2. The third-order valence-electron chi connectivity index (χ3n) is 3.12. The van der Waals surface area contributed by atoms with Gasteiger partial charge in [0, 0.05) is 26.1 Å². The summed E-state index contributed by atoms with van der Waals surface area (Å²) in [5.74, 6) is -0.0685. The fourth-order valence-electron chi connectivity index (χ4n) is 2.20. The molecule has 1 aliphatic rings. The number of hydrogen-bond acceptors (Lipinski definition) is 3. The summed E-state index contributed by atoms with van der Waals surface area (Å²) < 4.78 is 0.659. The van der Waals surface area contributed by atoms with E-state index >= 15 is 0 Å². The zero-order valence-electron chi connectivity index (χ0n) is 10.7. The Hall–Kier alpha value is -1.43. The molecule has 2 heterocycles. The Bertz CT molecular complexity index is 485. The molecule has 0 unspecified atom stereocenters. The monoisotopic (exact) mass is 325 g/mol. The number of carbonyl (C=O) groups is 2. The van der Waals surface area contributed by atoms with Crippen molar-refractivity contribution < 1.29 is 9.59 Å². The van der Waals surface area contributed by atoms with Crippen LogP contribution in [0.1, 0.15) is 30.3 Å². The number of pyridine rings is 1. The number of amides is 2. The van der Waals surface area contributed by atoms with Crippen LogP contribution in [0.25, 0.3) is 0 Å². The second-order valence-corrected chi connectivity index (χ2v) is 5.43. The molecule has 1 aromatic rings. The lowest BCUT2D eigenvalue weighted by Crippen LogP contribution is -2.46. The minimum absolute atomic E-state index is 0.0153. The summed E-state index contributed by atoms with van der Waals surface area (Å²) in [5.41, 5.74) is 0.451. The predicted octanol–water partition coefficient (Wildman–Crippen LogP) is 1.58. The minimum atomic E-state index is -0.0532. The van der Waals surface area contributed by atoms with Gasteiger partial charge in [0.2, 0.25) is 5.91 Å². The third-order valence-corrected chi connectivity index (χ3v) is 3.57. The van der Waals surface area contributed by atoms with Gasteiger partial charge in [0.25, 0.3) is 5.91 Å². The minimum Gasteiger partial charge on any atom is -0.353 e. The molecule has 1 aliphatic heterocycles. The van der Waals surface area contributed by atoms with E-state index in [0.29, 0.717) is 23.4 Å². The number of likely N-dealkylation sites (tertiary alicyclic amines) is 1. The maximum Gasteiger partial charge on any atom is 0.272 e. The lowest BCUT2D eigenvalue weighted by molar-refractivity contribution is -0.119. The fraction of sp³-hybridized carbons (Fsp3) is 0.462. The van der Waals surface area contributed by atoms with E-state index in [-0.39, 0.29) is 17.9 Å². The van der Waals surface area contributed by atoms with Crippen molar-refractivity contribution in [3.63, 3.8) is 0 Å². The first-order chi connectivity index (χ1) is 9.06. The third kappa shape index (κ3) is 3.76. The lowest BCUT2D eigenvalue weighted by Gasteiger charge is -2.32. The van der Waals surface area contributed by atoms with Crippen LogP contribution in [0.15, 0.2) is 22.8 Å². The molecule has 2 amide bonds. The fourth-order valence-corrected chi connectivity index (χ4v) is 2.55. The number of piperidine rings is 1. The van der Waals surface area contributed by atoms with Gasteiger partial charge in [0.05, 0.1) is 0 Å². The van der Waals surface area contributed by atoms with E-state index in [2.05, 4.69) is 26.2 Å². The Morgan fingerprint density at radius 2 is 2.05 bits per heavy atom. The first-order valence-electron chi connectivity index (χ1n) is 6.25. The molecule has 102 valence electrons. The molecule has 0 aliphatic carbocycles. The van der Waals surface area contributed by atoms with Gasteiger partial charge in [-0.25, -0.2) is 4.98 Å². The number of hydrogen-bond donors (Lipinski definition) is 1. The van der Waals surface area contributed by atoms with Gasteiger partial charge in [-0.1, -0.05) is 6.07 Å². The van der Waals surface area contributed by atoms with E-state index in [9.17, 15) is 9.59 Å². The smallest absolute Gasteiger partial charge is 0.272 e. The number of nitrogens with one attached hydrogen (secondary N) is 1. The van der Waals surface area contributed by atoms with Crippen LogP contribution in [0.3, 0.4) is 0 Å². The molecule has 0 aromatic carbocycles. The summed E-state index contributed by atoms with van der Waals surface area (Å²) in [7, 11) is 0. The second-order valence-electron chi connectivity index (χ2n) is 4.61. The Kier molecular flexibility index (Phi) is 4.52. The van der Waals surface area contributed by atoms with E-state index in [4.69, 9.17) is 0 Å². The van der Waals surface area contributed by atoms with E-state index in [1.54, 1.807) is 23.1 Å². The topological polar surface area (TPSA) is 62.3 Å². The van der Waals surface area contributed by atoms with Crippen LogP contribution in [0, 0.1) is 0 Å². The molecule has 19 heavy (non-hydrogen) atoms. The number of carbonyl (C=O) groups excluding carboxylic acids is 2. The normalized spacial score (nSPS) is 16.2. The van der Waals surface area contributed by atoms with Crippen LogP contribution < -0.4 is 5.32 Å². The Balaban J connectivity index is 1.94. The summed E-state index contributed by atoms with van der Waals surface area (Å²) in [4.78, 5) is 29.2. The summed E-state index contributed by atoms with van der Waals surface area (Å²) in [6.45, 7) is 2.82. The van der Waals surface area contributed by atoms with Crippen LogP contribution in [0.5, 0.6) is 0 Å². The van der Waals surface area contributed by atoms with E-state index in [1.165, 1.54) is 6.92 Å². The van der Waals surface area contributed by atoms with Crippen LogP contribution in [-0.4, -0.2) is 40.8 Å². The largest absolute Gasteiger partial charge is 0.353 e. The van der Waals surface area contributed by atoms with Crippen molar-refractivity contribution in [2.45, 2.75) is 25.8 Å². The molecule has 6 heteroatoms. The standard InChI is InChI=1S/C13H16BrN3O2/c1-9(18)15-10-5-7-17(8-6-10)13(19)11-3-2-4-12(14)16-11/h2-4,10H,5-8H2,1H3,(H,15,18). The average Bonchev–Trinajstić information content (AvgIpc) is 2.38. The quantitative estimate of drug-likeness (QED) is 0.840. The first-order valence-corrected chi connectivity index (χ1v) is 7.04. The van der Waals surface area contributed by atoms with Crippen molar-refractivity contribution in [3.8, 4) is 0 Å². The highest BCUT2D eigenvalue weighted by Gasteiger charge is 2.24. The van der Waals surface area contributed by atoms with Gasteiger partial charge in [-0.2, -0.15) is 0 Å². The Morgan fingerprint density at radius 1 is 1.37 bits per heavy atom. The van der Waals surface area contributed by atoms with Crippen LogP contribution in [0.2, 0.25) is 0 Å². The van der Waals surface area contributed by atoms with Gasteiger partial charge < -0.3 is 10.2 Å². The van der Waals surface area contributed by atoms with Gasteiger partial charge in [-0.15, -0.1) is 0 Å². The second kappa shape index (κ2) is 6.14. The molecule has 0 saturated carbocycles. The summed E-state index contributed by atoms with van der Waals surface area (Å²) >= 11 is 3.26. The molecule has 1 fully saturated rings. The zero-order valence-corrected chi connectivity index (χ0v) is 12.3. The van der Waals surface area contributed by atoms with Crippen molar-refractivity contribution in [1.29, 1.82) is 0 Å². The zero-order chi connectivity index (χ0) is 13.8. The van der Waals surface area contributed by atoms with Crippen molar-refractivity contribution >= 4 is 27.7 Å². The van der Waals surface area contributed by atoms with E-state index in [1.807, 2.05) is 0 Å². The molecule has 5 nitrogen and oxygen atoms in total. The van der Waals surface area contributed by atoms with Gasteiger partial charge >= 0.3 is 0 Å². The van der Waals surface area contributed by atoms with Gasteiger partial charge in [0.15, 0.2) is 0 Å². The molecular weight excluding hydrogens is 310 g/mol. The predicted molar refractivity (Wildman–Crippen MR) is 74.7 cm³/mol. The molecule has 0 spiro atoms. The SMILES string of the molecule is CC(=O)NC1CCN(C(=O)c2cccc(Br)n2)CC1. The average molecular weight is 326 g/mol. The first kappa shape index (κ1) is 14.0. The van der Waals surface area contributed by atoms with E-state index < -0.39 is 0 Å².